The molecule has 0 saturated carbocycles. The summed E-state index contributed by atoms with van der Waals surface area (Å²) < 4.78 is 22.8. The van der Waals surface area contributed by atoms with Crippen molar-refractivity contribution in [3.05, 3.63) is 77.4 Å². The van der Waals surface area contributed by atoms with Crippen molar-refractivity contribution in [3.63, 3.8) is 0 Å². The van der Waals surface area contributed by atoms with Gasteiger partial charge >= 0.3 is 12.1 Å². The Kier molecular flexibility index (Phi) is 8.20. The van der Waals surface area contributed by atoms with E-state index in [0.717, 1.165) is 30.4 Å². The van der Waals surface area contributed by atoms with E-state index in [1.54, 1.807) is 17.0 Å². The molecule has 0 aliphatic carbocycles. The minimum absolute atomic E-state index is 0.00158. The van der Waals surface area contributed by atoms with Crippen molar-refractivity contribution >= 4 is 12.1 Å². The van der Waals surface area contributed by atoms with Crippen LogP contribution in [0.2, 0.25) is 0 Å². The van der Waals surface area contributed by atoms with Gasteiger partial charge in [-0.05, 0) is 43.4 Å². The highest BCUT2D eigenvalue weighted by molar-refractivity contribution is 5.90. The Hall–Kier alpha value is -3.32. The van der Waals surface area contributed by atoms with E-state index in [9.17, 15) is 9.59 Å². The molecule has 180 valence electrons. The number of nitrogens with zero attached hydrogens (tertiary/aromatic N) is 1. The van der Waals surface area contributed by atoms with E-state index in [2.05, 4.69) is 6.08 Å². The van der Waals surface area contributed by atoms with Crippen molar-refractivity contribution in [3.8, 4) is 5.75 Å². The first kappa shape index (κ1) is 23.8. The Morgan fingerprint density at radius 3 is 2.79 bits per heavy atom. The molecule has 7 nitrogen and oxygen atoms in total. The molecule has 0 radical (unpaired) electrons. The zero-order valence-corrected chi connectivity index (χ0v) is 19.5. The van der Waals surface area contributed by atoms with Gasteiger partial charge in [-0.1, -0.05) is 48.6 Å². The number of amides is 1. The van der Waals surface area contributed by atoms with Gasteiger partial charge in [-0.3, -0.25) is 0 Å². The van der Waals surface area contributed by atoms with Gasteiger partial charge in [-0.2, -0.15) is 0 Å². The van der Waals surface area contributed by atoms with Crippen molar-refractivity contribution in [1.29, 1.82) is 0 Å². The molecule has 2 aliphatic heterocycles. The molecule has 1 saturated heterocycles. The van der Waals surface area contributed by atoms with Crippen LogP contribution < -0.4 is 4.74 Å². The Balaban J connectivity index is 1.62. The molecule has 2 aliphatic rings. The summed E-state index contributed by atoms with van der Waals surface area (Å²) in [7, 11) is 1.35. The maximum Gasteiger partial charge on any atom is 0.410 e. The molecule has 34 heavy (non-hydrogen) atoms. The number of carbonyl (C=O) groups excluding carboxylic acids is 2. The quantitative estimate of drug-likeness (QED) is 0.466. The summed E-state index contributed by atoms with van der Waals surface area (Å²) in [5, 5.41) is 0. The predicted octanol–water partition coefficient (Wildman–Crippen LogP) is 5.06. The fourth-order valence-electron chi connectivity index (χ4n) is 4.34. The molecule has 7 heteroatoms. The third kappa shape index (κ3) is 5.97. The molecule has 4 rings (SSSR count). The van der Waals surface area contributed by atoms with Gasteiger partial charge < -0.3 is 23.8 Å². The predicted molar refractivity (Wildman–Crippen MR) is 127 cm³/mol. The van der Waals surface area contributed by atoms with Crippen molar-refractivity contribution in [2.24, 2.45) is 0 Å². The summed E-state index contributed by atoms with van der Waals surface area (Å²) in [6, 6.07) is 14.6. The van der Waals surface area contributed by atoms with Crippen LogP contribution in [0.25, 0.3) is 0 Å². The van der Waals surface area contributed by atoms with E-state index in [1.165, 1.54) is 7.11 Å². The topological polar surface area (TPSA) is 74.3 Å². The SMILES string of the molecule is COC(=O)c1ccc2c(c1)OCCC/C=C\CO[C@H]1CCN(C(=O)OCc3ccccc3)[C@H]2C1. The van der Waals surface area contributed by atoms with E-state index in [4.69, 9.17) is 18.9 Å². The van der Waals surface area contributed by atoms with E-state index < -0.39 is 5.97 Å². The number of esters is 1. The van der Waals surface area contributed by atoms with Gasteiger partial charge in [0.05, 0.1) is 38.0 Å². The maximum absolute atomic E-state index is 13.2. The zero-order chi connectivity index (χ0) is 23.8. The first-order valence-corrected chi connectivity index (χ1v) is 11.7. The molecule has 2 atom stereocenters. The fraction of sp³-hybridized carbons (Fsp3) is 0.407. The van der Waals surface area contributed by atoms with Crippen molar-refractivity contribution < 1.29 is 28.5 Å². The number of rotatable bonds is 3. The monoisotopic (exact) mass is 465 g/mol. The Bertz CT molecular complexity index is 1010. The van der Waals surface area contributed by atoms with Crippen molar-refractivity contribution in [2.75, 3.05) is 26.9 Å². The summed E-state index contributed by atoms with van der Waals surface area (Å²) in [6.07, 6.45) is 6.80. The highest BCUT2D eigenvalue weighted by Crippen LogP contribution is 2.38. The lowest BCUT2D eigenvalue weighted by atomic mass is 9.92. The highest BCUT2D eigenvalue weighted by atomic mass is 16.6. The molecule has 2 aromatic carbocycles. The summed E-state index contributed by atoms with van der Waals surface area (Å²) in [5.41, 5.74) is 2.18. The standard InChI is InChI=1S/C27H31NO6/c1-31-26(29)21-11-12-23-24-18-22(32-15-7-2-3-8-16-33-25(23)17-21)13-14-28(24)27(30)34-19-20-9-5-4-6-10-20/h2,4-7,9-12,17,22,24H,3,8,13-16,18-19H2,1H3/b7-2-/t22-,24-/m0/s1. The number of hydrogen-bond donors (Lipinski definition) is 0. The van der Waals surface area contributed by atoms with E-state index >= 15 is 0 Å². The Morgan fingerprint density at radius 1 is 1.12 bits per heavy atom. The minimum atomic E-state index is -0.429. The largest absolute Gasteiger partial charge is 0.493 e. The van der Waals surface area contributed by atoms with Crippen molar-refractivity contribution in [2.45, 2.75) is 44.4 Å². The molecule has 1 fully saturated rings. The molecule has 0 spiro atoms. The number of benzene rings is 2. The normalized spacial score (nSPS) is 21.5. The van der Waals surface area contributed by atoms with Crippen LogP contribution in [0.15, 0.2) is 60.7 Å². The minimum Gasteiger partial charge on any atom is -0.493 e. The van der Waals surface area contributed by atoms with Crippen LogP contribution in [0, 0.1) is 0 Å². The van der Waals surface area contributed by atoms with Crippen LogP contribution in [0.4, 0.5) is 4.79 Å². The third-order valence-corrected chi connectivity index (χ3v) is 6.16. The molecule has 2 aromatic rings. The van der Waals surface area contributed by atoms with Gasteiger partial charge in [0.1, 0.15) is 12.4 Å². The second kappa shape index (κ2) is 11.7. The maximum atomic E-state index is 13.2. The van der Waals surface area contributed by atoms with Crippen LogP contribution in [0.5, 0.6) is 5.75 Å². The van der Waals surface area contributed by atoms with Crippen LogP contribution in [0.1, 0.15) is 53.2 Å². The zero-order valence-electron chi connectivity index (χ0n) is 19.5. The second-order valence-electron chi connectivity index (χ2n) is 8.44. The van der Waals surface area contributed by atoms with Crippen LogP contribution >= 0.6 is 0 Å². The number of carbonyl (C=O) groups is 2. The number of piperidine rings is 1. The molecule has 0 N–H and O–H groups in total. The average molecular weight is 466 g/mol. The molecule has 2 heterocycles. The lowest BCUT2D eigenvalue weighted by Crippen LogP contribution is -2.43. The second-order valence-corrected chi connectivity index (χ2v) is 8.44. The number of ether oxygens (including phenoxy) is 4. The number of likely N-dealkylation sites (tertiary alicyclic amines) is 1. The van der Waals surface area contributed by atoms with Gasteiger partial charge in [0, 0.05) is 12.1 Å². The highest BCUT2D eigenvalue weighted by Gasteiger charge is 2.36. The summed E-state index contributed by atoms with van der Waals surface area (Å²) in [4.78, 5) is 27.1. The Morgan fingerprint density at radius 2 is 1.97 bits per heavy atom. The molecular formula is C27H31NO6. The van der Waals surface area contributed by atoms with E-state index in [-0.39, 0.29) is 24.8 Å². The molecule has 1 amide bonds. The average Bonchev–Trinajstić information content (AvgIpc) is 2.89. The van der Waals surface area contributed by atoms with Gasteiger partial charge in [-0.15, -0.1) is 0 Å². The number of allylic oxidation sites excluding steroid dienone is 1. The third-order valence-electron chi connectivity index (χ3n) is 6.16. The number of hydrogen-bond acceptors (Lipinski definition) is 6. The summed E-state index contributed by atoms with van der Waals surface area (Å²) in [6.45, 7) is 1.76. The smallest absolute Gasteiger partial charge is 0.410 e. The Labute approximate surface area is 200 Å². The molecular weight excluding hydrogens is 434 g/mol. The first-order chi connectivity index (χ1) is 16.7. The van der Waals surface area contributed by atoms with Crippen LogP contribution in [0.3, 0.4) is 0 Å². The van der Waals surface area contributed by atoms with E-state index in [0.29, 0.717) is 37.5 Å². The van der Waals surface area contributed by atoms with Gasteiger partial charge in [0.15, 0.2) is 0 Å². The number of fused-ring (bicyclic) bond motifs is 4. The van der Waals surface area contributed by atoms with Crippen molar-refractivity contribution in [1.82, 2.24) is 4.90 Å². The van der Waals surface area contributed by atoms with E-state index in [1.807, 2.05) is 42.5 Å². The number of methoxy groups -OCH3 is 1. The molecule has 2 bridgehead atoms. The van der Waals surface area contributed by atoms with Crippen LogP contribution in [-0.2, 0) is 20.8 Å². The van der Waals surface area contributed by atoms with Crippen LogP contribution in [-0.4, -0.2) is 49.9 Å². The van der Waals surface area contributed by atoms with Gasteiger partial charge in [-0.25, -0.2) is 9.59 Å². The van der Waals surface area contributed by atoms with Gasteiger partial charge in [0.2, 0.25) is 0 Å². The summed E-state index contributed by atoms with van der Waals surface area (Å²) in [5.74, 6) is 0.152. The lowest BCUT2D eigenvalue weighted by molar-refractivity contribution is -0.00774. The lowest BCUT2D eigenvalue weighted by Gasteiger charge is -2.39. The first-order valence-electron chi connectivity index (χ1n) is 11.7. The molecule has 0 aromatic heterocycles. The van der Waals surface area contributed by atoms with Gasteiger partial charge in [0.25, 0.3) is 0 Å². The fourth-order valence-corrected chi connectivity index (χ4v) is 4.34. The summed E-state index contributed by atoms with van der Waals surface area (Å²) >= 11 is 0. The molecule has 0 unspecified atom stereocenters.